The molecule has 0 aliphatic rings. The fraction of sp³-hybridized carbons (Fsp3) is 0.286. The highest BCUT2D eigenvalue weighted by Gasteiger charge is 2.33. The van der Waals surface area contributed by atoms with E-state index in [0.717, 1.165) is 16.1 Å². The Balaban J connectivity index is 2.07. The Morgan fingerprint density at radius 2 is 1.54 bits per heavy atom. The molecule has 1 N–H and O–H groups in total. The lowest BCUT2D eigenvalue weighted by atomic mass is 10.0. The molecular formula is C28H30Cl3N3O4S. The van der Waals surface area contributed by atoms with Crippen LogP contribution in [0, 0.1) is 0 Å². The van der Waals surface area contributed by atoms with Crippen LogP contribution in [0.2, 0.25) is 15.1 Å². The van der Waals surface area contributed by atoms with E-state index < -0.39 is 28.5 Å². The number of nitrogens with zero attached hydrogens (tertiary/aromatic N) is 2. The van der Waals surface area contributed by atoms with E-state index in [-0.39, 0.29) is 40.6 Å². The molecule has 0 fully saturated rings. The molecule has 2 amide bonds. The topological polar surface area (TPSA) is 86.8 Å². The van der Waals surface area contributed by atoms with Gasteiger partial charge in [0.2, 0.25) is 21.8 Å². The third-order valence-corrected chi connectivity index (χ3v) is 7.93. The first-order chi connectivity index (χ1) is 18.3. The molecule has 0 unspecified atom stereocenters. The minimum absolute atomic E-state index is 0.0292. The summed E-state index contributed by atoms with van der Waals surface area (Å²) in [5.74, 6) is -0.934. The molecule has 0 aliphatic carbocycles. The molecule has 0 aromatic heterocycles. The smallest absolute Gasteiger partial charge is 0.244 e. The monoisotopic (exact) mass is 609 g/mol. The summed E-state index contributed by atoms with van der Waals surface area (Å²) in [5.41, 5.74) is 1.70. The number of hydrogen-bond acceptors (Lipinski definition) is 4. The molecule has 0 saturated heterocycles. The lowest BCUT2D eigenvalue weighted by molar-refractivity contribution is -0.140. The predicted octanol–water partition coefficient (Wildman–Crippen LogP) is 5.58. The van der Waals surface area contributed by atoms with Gasteiger partial charge in [-0.25, -0.2) is 8.42 Å². The number of hydrogen-bond donors (Lipinski definition) is 1. The number of benzene rings is 3. The van der Waals surface area contributed by atoms with Crippen LogP contribution in [0.25, 0.3) is 0 Å². The summed E-state index contributed by atoms with van der Waals surface area (Å²) in [4.78, 5) is 28.9. The Morgan fingerprint density at radius 1 is 0.872 bits per heavy atom. The van der Waals surface area contributed by atoms with Crippen LogP contribution in [-0.2, 0) is 32.6 Å². The highest BCUT2D eigenvalue weighted by Crippen LogP contribution is 2.29. The molecule has 0 saturated carbocycles. The van der Waals surface area contributed by atoms with Gasteiger partial charge in [0.25, 0.3) is 0 Å². The maximum Gasteiger partial charge on any atom is 0.244 e. The van der Waals surface area contributed by atoms with Crippen LogP contribution in [0.1, 0.15) is 25.0 Å². The lowest BCUT2D eigenvalue weighted by Gasteiger charge is -2.34. The zero-order chi connectivity index (χ0) is 28.7. The lowest BCUT2D eigenvalue weighted by Crippen LogP contribution is -2.54. The molecule has 39 heavy (non-hydrogen) atoms. The van der Waals surface area contributed by atoms with E-state index in [4.69, 9.17) is 34.8 Å². The fourth-order valence-corrected chi connectivity index (χ4v) is 5.37. The van der Waals surface area contributed by atoms with Crippen molar-refractivity contribution in [1.29, 1.82) is 0 Å². The summed E-state index contributed by atoms with van der Waals surface area (Å²) in [6.07, 6.45) is 1.22. The van der Waals surface area contributed by atoms with Gasteiger partial charge in [0.1, 0.15) is 12.6 Å². The Bertz CT molecular complexity index is 1420. The second-order valence-electron chi connectivity index (χ2n) is 9.39. The first kappa shape index (κ1) is 30.8. The molecule has 11 heteroatoms. The SMILES string of the molecule is CC(C)NC(=O)[C@H](Cc1ccccc1)N(Cc1cccc(Cl)c1)C(=O)CN(c1ccc(Cl)c(Cl)c1)S(C)(=O)=O. The van der Waals surface area contributed by atoms with Crippen molar-refractivity contribution in [3.05, 3.63) is 99.0 Å². The summed E-state index contributed by atoms with van der Waals surface area (Å²) in [6, 6.07) is 19.5. The first-order valence-electron chi connectivity index (χ1n) is 12.2. The van der Waals surface area contributed by atoms with Gasteiger partial charge in [-0.3, -0.25) is 13.9 Å². The number of halogens is 3. The molecule has 7 nitrogen and oxygen atoms in total. The van der Waals surface area contributed by atoms with Crippen molar-refractivity contribution in [1.82, 2.24) is 10.2 Å². The van der Waals surface area contributed by atoms with E-state index in [2.05, 4.69) is 5.32 Å². The normalized spacial score (nSPS) is 12.2. The highest BCUT2D eigenvalue weighted by atomic mass is 35.5. The zero-order valence-corrected chi connectivity index (χ0v) is 24.9. The Hall–Kier alpha value is -2.78. The molecule has 0 radical (unpaired) electrons. The maximum atomic E-state index is 14.0. The van der Waals surface area contributed by atoms with E-state index in [1.807, 2.05) is 44.2 Å². The van der Waals surface area contributed by atoms with Crippen molar-refractivity contribution >= 4 is 62.3 Å². The fourth-order valence-electron chi connectivity index (χ4n) is 4.02. The van der Waals surface area contributed by atoms with Crippen LogP contribution >= 0.6 is 34.8 Å². The van der Waals surface area contributed by atoms with Crippen molar-refractivity contribution in [2.75, 3.05) is 17.1 Å². The Morgan fingerprint density at radius 3 is 2.13 bits per heavy atom. The van der Waals surface area contributed by atoms with Crippen molar-refractivity contribution in [2.24, 2.45) is 0 Å². The third kappa shape index (κ3) is 8.86. The largest absolute Gasteiger partial charge is 0.352 e. The van der Waals surface area contributed by atoms with Gasteiger partial charge in [0.05, 0.1) is 22.0 Å². The van der Waals surface area contributed by atoms with Crippen molar-refractivity contribution in [2.45, 2.75) is 38.9 Å². The van der Waals surface area contributed by atoms with Gasteiger partial charge in [-0.2, -0.15) is 0 Å². The summed E-state index contributed by atoms with van der Waals surface area (Å²) in [6.45, 7) is 3.13. The van der Waals surface area contributed by atoms with Gasteiger partial charge < -0.3 is 10.2 Å². The quantitative estimate of drug-likeness (QED) is 0.307. The van der Waals surface area contributed by atoms with E-state index in [1.54, 1.807) is 24.3 Å². The molecule has 1 atom stereocenters. The molecule has 208 valence electrons. The number of anilines is 1. The van der Waals surface area contributed by atoms with E-state index >= 15 is 0 Å². The molecular weight excluding hydrogens is 581 g/mol. The van der Waals surface area contributed by atoms with Crippen molar-refractivity contribution in [3.8, 4) is 0 Å². The summed E-state index contributed by atoms with van der Waals surface area (Å²) >= 11 is 18.4. The second kappa shape index (κ2) is 13.5. The first-order valence-corrected chi connectivity index (χ1v) is 15.1. The molecule has 3 aromatic rings. The van der Waals surface area contributed by atoms with E-state index in [9.17, 15) is 18.0 Å². The van der Waals surface area contributed by atoms with Crippen LogP contribution in [0.3, 0.4) is 0 Å². The predicted molar refractivity (Wildman–Crippen MR) is 158 cm³/mol. The number of carbonyl (C=O) groups is 2. The standard InChI is InChI=1S/C28H30Cl3N3O4S/c1-19(2)32-28(36)26(15-20-8-5-4-6-9-20)33(17-21-10-7-11-22(29)14-21)27(35)18-34(39(3,37)38)23-12-13-24(30)25(31)16-23/h4-14,16,19,26H,15,17-18H2,1-3H3,(H,32,36)/t26-/m0/s1. The summed E-state index contributed by atoms with van der Waals surface area (Å²) in [7, 11) is -3.92. The molecule has 0 aliphatic heterocycles. The van der Waals surface area contributed by atoms with E-state index in [0.29, 0.717) is 10.6 Å². The minimum Gasteiger partial charge on any atom is -0.352 e. The van der Waals surface area contributed by atoms with Crippen LogP contribution in [0.15, 0.2) is 72.8 Å². The van der Waals surface area contributed by atoms with Gasteiger partial charge in [-0.1, -0.05) is 77.3 Å². The van der Waals surface area contributed by atoms with Gasteiger partial charge >= 0.3 is 0 Å². The zero-order valence-electron chi connectivity index (χ0n) is 21.8. The van der Waals surface area contributed by atoms with Crippen LogP contribution < -0.4 is 9.62 Å². The maximum absolute atomic E-state index is 14.0. The second-order valence-corrected chi connectivity index (χ2v) is 12.5. The van der Waals surface area contributed by atoms with Gasteiger partial charge in [-0.15, -0.1) is 0 Å². The van der Waals surface area contributed by atoms with Crippen LogP contribution in [-0.4, -0.2) is 50.0 Å². The molecule has 0 spiro atoms. The number of carbonyl (C=O) groups excluding carboxylic acids is 2. The van der Waals surface area contributed by atoms with Gasteiger partial charge in [0, 0.05) is 24.0 Å². The van der Waals surface area contributed by atoms with Crippen LogP contribution in [0.4, 0.5) is 5.69 Å². The molecule has 0 bridgehead atoms. The van der Waals surface area contributed by atoms with Gasteiger partial charge in [0.15, 0.2) is 0 Å². The molecule has 0 heterocycles. The van der Waals surface area contributed by atoms with Crippen molar-refractivity contribution in [3.63, 3.8) is 0 Å². The summed E-state index contributed by atoms with van der Waals surface area (Å²) in [5, 5.41) is 3.76. The Labute approximate surface area is 244 Å². The minimum atomic E-state index is -3.92. The van der Waals surface area contributed by atoms with Crippen LogP contribution in [0.5, 0.6) is 0 Å². The molecule has 3 aromatic carbocycles. The number of nitrogens with one attached hydrogen (secondary N) is 1. The highest BCUT2D eigenvalue weighted by molar-refractivity contribution is 7.92. The Kier molecular flexibility index (Phi) is 10.7. The van der Waals surface area contributed by atoms with Gasteiger partial charge in [-0.05, 0) is 55.3 Å². The summed E-state index contributed by atoms with van der Waals surface area (Å²) < 4.78 is 26.6. The number of sulfonamides is 1. The number of rotatable bonds is 11. The average Bonchev–Trinajstić information content (AvgIpc) is 2.86. The third-order valence-electron chi connectivity index (χ3n) is 5.81. The molecule has 3 rings (SSSR count). The average molecular weight is 611 g/mol. The van der Waals surface area contributed by atoms with Crippen molar-refractivity contribution < 1.29 is 18.0 Å². The van der Waals surface area contributed by atoms with E-state index in [1.165, 1.54) is 23.1 Å². The number of amides is 2.